The van der Waals surface area contributed by atoms with Crippen molar-refractivity contribution in [2.24, 2.45) is 0 Å². The molecule has 1 amide bonds. The number of amides is 1. The van der Waals surface area contributed by atoms with Gasteiger partial charge in [-0.25, -0.2) is 0 Å². The summed E-state index contributed by atoms with van der Waals surface area (Å²) in [5.74, 6) is 0.675. The zero-order valence-electron chi connectivity index (χ0n) is 14.5. The van der Waals surface area contributed by atoms with Crippen LogP contribution in [-0.4, -0.2) is 25.6 Å². The maximum Gasteiger partial charge on any atom is 0.243 e. The van der Waals surface area contributed by atoms with Gasteiger partial charge in [-0.2, -0.15) is 0 Å². The van der Waals surface area contributed by atoms with E-state index in [-0.39, 0.29) is 5.91 Å². The van der Waals surface area contributed by atoms with E-state index in [1.54, 1.807) is 0 Å². The molecule has 0 unspecified atom stereocenters. The van der Waals surface area contributed by atoms with Crippen molar-refractivity contribution in [3.63, 3.8) is 0 Å². The average molecular weight is 326 g/mol. The predicted molar refractivity (Wildman–Crippen MR) is 99.8 cm³/mol. The van der Waals surface area contributed by atoms with Crippen LogP contribution < -0.4 is 15.0 Å². The summed E-state index contributed by atoms with van der Waals surface area (Å²) in [6.07, 6.45) is 2.08. The van der Waals surface area contributed by atoms with Crippen molar-refractivity contribution in [3.05, 3.63) is 54.6 Å². The molecule has 0 aliphatic carbocycles. The maximum atomic E-state index is 12.4. The van der Waals surface area contributed by atoms with Gasteiger partial charge in [0.25, 0.3) is 0 Å². The molecule has 0 saturated carbocycles. The fraction of sp³-hybridized carbons (Fsp3) is 0.350. The van der Waals surface area contributed by atoms with Crippen LogP contribution in [0.3, 0.4) is 0 Å². The van der Waals surface area contributed by atoms with E-state index < -0.39 is 0 Å². The van der Waals surface area contributed by atoms with Crippen LogP contribution in [0.25, 0.3) is 0 Å². The first-order valence-corrected chi connectivity index (χ1v) is 8.56. The molecule has 2 aromatic carbocycles. The van der Waals surface area contributed by atoms with Gasteiger partial charge >= 0.3 is 0 Å². The molecule has 4 heteroatoms. The number of benzene rings is 2. The Kier molecular flexibility index (Phi) is 7.15. The number of anilines is 2. The summed E-state index contributed by atoms with van der Waals surface area (Å²) in [6.45, 7) is 5.91. The molecule has 2 rings (SSSR count). The van der Waals surface area contributed by atoms with E-state index in [0.717, 1.165) is 36.5 Å². The third-order valence-electron chi connectivity index (χ3n) is 3.75. The number of carbonyl (C=O) groups excluding carboxylic acids is 1. The van der Waals surface area contributed by atoms with Crippen molar-refractivity contribution >= 4 is 17.3 Å². The molecule has 0 heterocycles. The van der Waals surface area contributed by atoms with Gasteiger partial charge in [-0.15, -0.1) is 0 Å². The van der Waals surface area contributed by atoms with Crippen LogP contribution in [0, 0.1) is 0 Å². The molecule has 4 nitrogen and oxygen atoms in total. The number of carbonyl (C=O) groups is 1. The van der Waals surface area contributed by atoms with Crippen LogP contribution in [0.1, 0.15) is 26.7 Å². The second-order valence-corrected chi connectivity index (χ2v) is 5.60. The van der Waals surface area contributed by atoms with E-state index in [0.29, 0.717) is 13.2 Å². The second-order valence-electron chi connectivity index (χ2n) is 5.60. The molecule has 24 heavy (non-hydrogen) atoms. The minimum absolute atomic E-state index is 0.0488. The largest absolute Gasteiger partial charge is 0.491 e. The SMILES string of the molecule is CCCCOc1ccccc1NC(=O)CN(CC)c1ccccc1. The Hall–Kier alpha value is -2.49. The van der Waals surface area contributed by atoms with Gasteiger partial charge in [-0.05, 0) is 37.6 Å². The number of hydrogen-bond donors (Lipinski definition) is 1. The number of unbranched alkanes of at least 4 members (excludes halogenated alkanes) is 1. The summed E-state index contributed by atoms with van der Waals surface area (Å²) < 4.78 is 5.77. The molecule has 1 N–H and O–H groups in total. The molecule has 0 aliphatic rings. The number of nitrogens with one attached hydrogen (secondary N) is 1. The first kappa shape index (κ1) is 17.9. The van der Waals surface area contributed by atoms with Gasteiger partial charge in [0.15, 0.2) is 0 Å². The van der Waals surface area contributed by atoms with E-state index in [1.807, 2.05) is 66.4 Å². The Balaban J connectivity index is 1.99. The molecule has 128 valence electrons. The van der Waals surface area contributed by atoms with Crippen molar-refractivity contribution in [2.45, 2.75) is 26.7 Å². The first-order chi connectivity index (χ1) is 11.7. The molecule has 0 spiro atoms. The van der Waals surface area contributed by atoms with Crippen LogP contribution >= 0.6 is 0 Å². The molecule has 0 bridgehead atoms. The lowest BCUT2D eigenvalue weighted by molar-refractivity contribution is -0.115. The normalized spacial score (nSPS) is 10.2. The van der Waals surface area contributed by atoms with Gasteiger partial charge < -0.3 is 15.0 Å². The Labute approximate surface area is 144 Å². The lowest BCUT2D eigenvalue weighted by Gasteiger charge is -2.22. The Morgan fingerprint density at radius 1 is 1.04 bits per heavy atom. The quantitative estimate of drug-likeness (QED) is 0.697. The summed E-state index contributed by atoms with van der Waals surface area (Å²) in [5.41, 5.74) is 1.77. The minimum atomic E-state index is -0.0488. The topological polar surface area (TPSA) is 41.6 Å². The van der Waals surface area contributed by atoms with Gasteiger partial charge in [0, 0.05) is 12.2 Å². The lowest BCUT2D eigenvalue weighted by atomic mass is 10.2. The van der Waals surface area contributed by atoms with E-state index in [9.17, 15) is 4.79 Å². The minimum Gasteiger partial charge on any atom is -0.491 e. The van der Waals surface area contributed by atoms with Gasteiger partial charge in [0.05, 0.1) is 18.8 Å². The molecule has 0 aromatic heterocycles. The Bertz CT molecular complexity index is 629. The summed E-state index contributed by atoms with van der Waals surface area (Å²) in [4.78, 5) is 14.5. The van der Waals surface area contributed by atoms with Crippen LogP contribution in [0.15, 0.2) is 54.6 Å². The van der Waals surface area contributed by atoms with Gasteiger partial charge in [0.2, 0.25) is 5.91 Å². The molecule has 0 aliphatic heterocycles. The van der Waals surface area contributed by atoms with Gasteiger partial charge in [0.1, 0.15) is 5.75 Å². The van der Waals surface area contributed by atoms with Crippen molar-refractivity contribution in [1.29, 1.82) is 0 Å². The zero-order valence-corrected chi connectivity index (χ0v) is 14.5. The number of nitrogens with zero attached hydrogens (tertiary/aromatic N) is 1. The van der Waals surface area contributed by atoms with E-state index in [4.69, 9.17) is 4.74 Å². The fourth-order valence-corrected chi connectivity index (χ4v) is 2.41. The molecular formula is C20H26N2O2. The lowest BCUT2D eigenvalue weighted by Crippen LogP contribution is -2.33. The molecule has 0 atom stereocenters. The number of hydrogen-bond acceptors (Lipinski definition) is 3. The molecular weight excluding hydrogens is 300 g/mol. The number of ether oxygens (including phenoxy) is 1. The van der Waals surface area contributed by atoms with Crippen LogP contribution in [0.5, 0.6) is 5.75 Å². The molecule has 0 fully saturated rings. The third kappa shape index (κ3) is 5.30. The maximum absolute atomic E-state index is 12.4. The van der Waals surface area contributed by atoms with E-state index in [1.165, 1.54) is 0 Å². The zero-order chi connectivity index (χ0) is 17.2. The van der Waals surface area contributed by atoms with Crippen molar-refractivity contribution < 1.29 is 9.53 Å². The molecule has 2 aromatic rings. The monoisotopic (exact) mass is 326 g/mol. The fourth-order valence-electron chi connectivity index (χ4n) is 2.41. The van der Waals surface area contributed by atoms with E-state index in [2.05, 4.69) is 12.2 Å². The highest BCUT2D eigenvalue weighted by atomic mass is 16.5. The Morgan fingerprint density at radius 2 is 1.75 bits per heavy atom. The summed E-state index contributed by atoms with van der Waals surface area (Å²) >= 11 is 0. The van der Waals surface area contributed by atoms with E-state index >= 15 is 0 Å². The molecule has 0 radical (unpaired) electrons. The van der Waals surface area contributed by atoms with Crippen molar-refractivity contribution in [1.82, 2.24) is 0 Å². The predicted octanol–water partition coefficient (Wildman–Crippen LogP) is 4.33. The average Bonchev–Trinajstić information content (AvgIpc) is 2.62. The second kappa shape index (κ2) is 9.60. The smallest absolute Gasteiger partial charge is 0.243 e. The summed E-state index contributed by atoms with van der Waals surface area (Å²) in [5, 5.41) is 2.97. The van der Waals surface area contributed by atoms with Crippen molar-refractivity contribution in [3.8, 4) is 5.75 Å². The summed E-state index contributed by atoms with van der Waals surface area (Å²) in [7, 11) is 0. The van der Waals surface area contributed by atoms with Crippen LogP contribution in [0.2, 0.25) is 0 Å². The summed E-state index contributed by atoms with van der Waals surface area (Å²) in [6, 6.07) is 17.5. The van der Waals surface area contributed by atoms with Crippen LogP contribution in [0.4, 0.5) is 11.4 Å². The van der Waals surface area contributed by atoms with Gasteiger partial charge in [-0.1, -0.05) is 43.7 Å². The standard InChI is InChI=1S/C20H26N2O2/c1-3-5-15-24-19-14-10-9-13-18(19)21-20(23)16-22(4-2)17-11-7-6-8-12-17/h6-14H,3-5,15-16H2,1-2H3,(H,21,23). The van der Waals surface area contributed by atoms with Crippen LogP contribution in [-0.2, 0) is 4.79 Å². The Morgan fingerprint density at radius 3 is 2.46 bits per heavy atom. The first-order valence-electron chi connectivity index (χ1n) is 8.56. The number of likely N-dealkylation sites (N-methyl/N-ethyl adjacent to an activating group) is 1. The molecule has 0 saturated heterocycles. The third-order valence-corrected chi connectivity index (χ3v) is 3.75. The highest BCUT2D eigenvalue weighted by Crippen LogP contribution is 2.24. The van der Waals surface area contributed by atoms with Gasteiger partial charge in [-0.3, -0.25) is 4.79 Å². The number of rotatable bonds is 9. The van der Waals surface area contributed by atoms with Crippen molar-refractivity contribution in [2.75, 3.05) is 29.9 Å². The number of para-hydroxylation sites is 3. The highest BCUT2D eigenvalue weighted by Gasteiger charge is 2.12. The highest BCUT2D eigenvalue weighted by molar-refractivity contribution is 5.95.